The van der Waals surface area contributed by atoms with E-state index in [9.17, 15) is 4.79 Å². The minimum Gasteiger partial charge on any atom is -0.489 e. The molecule has 26 heavy (non-hydrogen) atoms. The molecule has 1 aromatic rings. The lowest BCUT2D eigenvalue weighted by Crippen LogP contribution is -2.28. The first-order valence-corrected chi connectivity index (χ1v) is 9.35. The minimum atomic E-state index is -0.0152. The van der Waals surface area contributed by atoms with E-state index in [0.717, 1.165) is 19.3 Å². The molecule has 0 saturated heterocycles. The van der Waals surface area contributed by atoms with Crippen molar-refractivity contribution in [3.8, 4) is 5.75 Å². The molecule has 7 heteroatoms. The number of aromatic nitrogens is 1. The number of hydrogen-bond donors (Lipinski definition) is 2. The topological polar surface area (TPSA) is 77.2 Å². The smallest absolute Gasteiger partial charge is 0.225 e. The molecule has 0 unspecified atom stereocenters. The van der Waals surface area contributed by atoms with Crippen LogP contribution in [0.25, 0.3) is 0 Å². The fourth-order valence-corrected chi connectivity index (χ4v) is 3.90. The molecular weight excluding hydrogens is 373 g/mol. The van der Waals surface area contributed by atoms with Gasteiger partial charge >= 0.3 is 0 Å². The van der Waals surface area contributed by atoms with Crippen LogP contribution in [0, 0.1) is 11.8 Å². The molecule has 148 valence electrons. The second kappa shape index (κ2) is 11.6. The van der Waals surface area contributed by atoms with Gasteiger partial charge in [0.25, 0.3) is 0 Å². The first-order valence-electron chi connectivity index (χ1n) is 9.35. The predicted molar refractivity (Wildman–Crippen MR) is 109 cm³/mol. The summed E-state index contributed by atoms with van der Waals surface area (Å²) in [4.78, 5) is 16.6. The number of nitrogens with zero attached hydrogens (tertiary/aromatic N) is 1. The number of nitrogens with one attached hydrogen (secondary N) is 1. The second-order valence-electron chi connectivity index (χ2n) is 7.27. The zero-order valence-corrected chi connectivity index (χ0v) is 16.8. The molecule has 3 N–H and O–H groups in total. The van der Waals surface area contributed by atoms with E-state index in [-0.39, 0.29) is 36.8 Å². The van der Waals surface area contributed by atoms with Crippen molar-refractivity contribution in [2.45, 2.75) is 63.8 Å². The second-order valence-corrected chi connectivity index (χ2v) is 7.27. The summed E-state index contributed by atoms with van der Waals surface area (Å²) in [6.45, 7) is 0.710. The number of nitrogens with two attached hydrogens (primary N) is 1. The fraction of sp³-hybridized carbons (Fsp3) is 0.684. The number of ether oxygens (including phenoxy) is 1. The molecule has 5 nitrogen and oxygen atoms in total. The van der Waals surface area contributed by atoms with E-state index in [4.69, 9.17) is 10.5 Å². The van der Waals surface area contributed by atoms with Crippen molar-refractivity contribution >= 4 is 36.5 Å². The number of carbonyl (C=O) groups is 1. The van der Waals surface area contributed by atoms with Crippen LogP contribution in [0.15, 0.2) is 18.3 Å². The number of halogens is 2. The monoisotopic (exact) mass is 403 g/mol. The Morgan fingerprint density at radius 3 is 2.62 bits per heavy atom. The molecule has 0 spiro atoms. The maximum Gasteiger partial charge on any atom is 0.225 e. The van der Waals surface area contributed by atoms with Crippen LogP contribution in [0.1, 0.15) is 57.8 Å². The van der Waals surface area contributed by atoms with E-state index in [1.807, 2.05) is 12.1 Å². The third kappa shape index (κ3) is 6.60. The van der Waals surface area contributed by atoms with Gasteiger partial charge in [-0.05, 0) is 49.7 Å². The van der Waals surface area contributed by atoms with Gasteiger partial charge in [0.05, 0.1) is 6.61 Å². The average molecular weight is 404 g/mol. The molecule has 2 aliphatic carbocycles. The average Bonchev–Trinajstić information content (AvgIpc) is 3.00. The van der Waals surface area contributed by atoms with Crippen molar-refractivity contribution in [1.82, 2.24) is 4.98 Å². The van der Waals surface area contributed by atoms with Gasteiger partial charge in [-0.2, -0.15) is 0 Å². The maximum atomic E-state index is 12.3. The van der Waals surface area contributed by atoms with Crippen molar-refractivity contribution in [2.24, 2.45) is 17.6 Å². The van der Waals surface area contributed by atoms with Gasteiger partial charge in [0, 0.05) is 18.7 Å². The number of anilines is 1. The first-order chi connectivity index (χ1) is 11.7. The lowest BCUT2D eigenvalue weighted by atomic mass is 9.90. The van der Waals surface area contributed by atoms with Gasteiger partial charge < -0.3 is 15.8 Å². The third-order valence-electron chi connectivity index (χ3n) is 5.39. The molecule has 0 aliphatic heterocycles. The molecular formula is C19H31Cl2N3O2. The van der Waals surface area contributed by atoms with E-state index in [0.29, 0.717) is 36.4 Å². The molecule has 1 aromatic heterocycles. The van der Waals surface area contributed by atoms with E-state index < -0.39 is 0 Å². The summed E-state index contributed by atoms with van der Waals surface area (Å²) >= 11 is 0. The van der Waals surface area contributed by atoms with Crippen LogP contribution in [-0.2, 0) is 4.79 Å². The van der Waals surface area contributed by atoms with Crippen LogP contribution in [-0.4, -0.2) is 23.5 Å². The van der Waals surface area contributed by atoms with Crippen molar-refractivity contribution in [1.29, 1.82) is 0 Å². The van der Waals surface area contributed by atoms with Crippen LogP contribution in [0.3, 0.4) is 0 Å². The Kier molecular flexibility index (Phi) is 10.3. The van der Waals surface area contributed by atoms with E-state index in [1.165, 1.54) is 32.1 Å². The summed E-state index contributed by atoms with van der Waals surface area (Å²) in [5.41, 5.74) is 6.06. The molecule has 2 saturated carbocycles. The van der Waals surface area contributed by atoms with Crippen LogP contribution in [0.5, 0.6) is 5.75 Å². The van der Waals surface area contributed by atoms with Crippen LogP contribution < -0.4 is 15.8 Å². The molecule has 1 heterocycles. The Labute approximate surface area is 168 Å². The highest BCUT2D eigenvalue weighted by atomic mass is 35.5. The van der Waals surface area contributed by atoms with Crippen molar-refractivity contribution in [3.63, 3.8) is 0 Å². The highest BCUT2D eigenvalue weighted by Gasteiger charge is 2.26. The van der Waals surface area contributed by atoms with Gasteiger partial charge in [-0.3, -0.25) is 4.79 Å². The van der Waals surface area contributed by atoms with Gasteiger partial charge in [-0.15, -0.1) is 24.8 Å². The van der Waals surface area contributed by atoms with Gasteiger partial charge in [0.15, 0.2) is 11.6 Å². The molecule has 0 aromatic carbocycles. The summed E-state index contributed by atoms with van der Waals surface area (Å²) in [6.07, 6.45) is 11.8. The normalized spacial score (nSPS) is 22.8. The molecule has 2 atom stereocenters. The summed E-state index contributed by atoms with van der Waals surface area (Å²) in [5, 5.41) is 2.92. The summed E-state index contributed by atoms with van der Waals surface area (Å²) < 4.78 is 5.97. The Morgan fingerprint density at radius 2 is 1.92 bits per heavy atom. The number of carbonyl (C=O) groups excluding carboxylic acids is 1. The molecule has 3 rings (SSSR count). The molecule has 1 amide bonds. The lowest BCUT2D eigenvalue weighted by Gasteiger charge is -2.22. The zero-order valence-electron chi connectivity index (χ0n) is 15.2. The summed E-state index contributed by atoms with van der Waals surface area (Å²) in [7, 11) is 0. The first kappa shape index (κ1) is 23.0. The number of amides is 1. The molecule has 2 fully saturated rings. The summed E-state index contributed by atoms with van der Waals surface area (Å²) in [5.74, 6) is 2.11. The minimum absolute atomic E-state index is 0. The number of rotatable bonds is 6. The van der Waals surface area contributed by atoms with Gasteiger partial charge in [0.1, 0.15) is 0 Å². The quantitative estimate of drug-likeness (QED) is 0.740. The van der Waals surface area contributed by atoms with Crippen molar-refractivity contribution in [2.75, 3.05) is 11.9 Å². The van der Waals surface area contributed by atoms with E-state index in [2.05, 4.69) is 10.3 Å². The maximum absolute atomic E-state index is 12.3. The van der Waals surface area contributed by atoms with Crippen molar-refractivity contribution in [3.05, 3.63) is 18.3 Å². The van der Waals surface area contributed by atoms with E-state index >= 15 is 0 Å². The van der Waals surface area contributed by atoms with Gasteiger partial charge in [0.2, 0.25) is 5.91 Å². The van der Waals surface area contributed by atoms with Crippen LogP contribution >= 0.6 is 24.8 Å². The summed E-state index contributed by atoms with van der Waals surface area (Å²) in [6, 6.07) is 3.88. The highest BCUT2D eigenvalue weighted by molar-refractivity contribution is 5.91. The predicted octanol–water partition coefficient (Wildman–Crippen LogP) is 4.34. The number of hydrogen-bond acceptors (Lipinski definition) is 4. The highest BCUT2D eigenvalue weighted by Crippen LogP contribution is 2.29. The SMILES string of the molecule is Cl.Cl.N[C@@H]1CCC[C@H]1CC(=O)Nc1ncccc1OCC1CCCCC1. The van der Waals surface area contributed by atoms with E-state index in [1.54, 1.807) is 6.20 Å². The van der Waals surface area contributed by atoms with Crippen molar-refractivity contribution < 1.29 is 9.53 Å². The largest absolute Gasteiger partial charge is 0.489 e. The van der Waals surface area contributed by atoms with Crippen LogP contribution in [0.2, 0.25) is 0 Å². The van der Waals surface area contributed by atoms with Gasteiger partial charge in [-0.1, -0.05) is 25.7 Å². The Hall–Kier alpha value is -1.04. The lowest BCUT2D eigenvalue weighted by molar-refractivity contribution is -0.117. The van der Waals surface area contributed by atoms with Crippen LogP contribution in [0.4, 0.5) is 5.82 Å². The molecule has 0 radical (unpaired) electrons. The fourth-order valence-electron chi connectivity index (χ4n) is 3.90. The Balaban J connectivity index is 0.00000169. The Bertz CT molecular complexity index is 553. The molecule has 0 bridgehead atoms. The standard InChI is InChI=1S/C19H29N3O2.2ClH/c20-16-9-4-8-15(16)12-18(23)22-19-17(10-5-11-21-19)24-13-14-6-2-1-3-7-14;;/h5,10-11,14-16H,1-4,6-9,12-13,20H2,(H,21,22,23);2*1H/t15-,16+;;/m0../s1. The van der Waals surface area contributed by atoms with Gasteiger partial charge in [-0.25, -0.2) is 4.98 Å². The zero-order chi connectivity index (χ0) is 16.8. The third-order valence-corrected chi connectivity index (χ3v) is 5.39. The molecule has 2 aliphatic rings. The Morgan fingerprint density at radius 1 is 1.15 bits per heavy atom. The number of pyridine rings is 1.